The second kappa shape index (κ2) is 5.43. The average Bonchev–Trinajstić information content (AvgIpc) is 3.07. The first-order valence-corrected chi connectivity index (χ1v) is 6.94. The van der Waals surface area contributed by atoms with E-state index in [-0.39, 0.29) is 6.04 Å². The lowest BCUT2D eigenvalue weighted by Gasteiger charge is -2.13. The van der Waals surface area contributed by atoms with Gasteiger partial charge in [0.05, 0.1) is 12.4 Å². The lowest BCUT2D eigenvalue weighted by Crippen LogP contribution is -2.11. The summed E-state index contributed by atoms with van der Waals surface area (Å²) in [5, 5.41) is 6.52. The molecule has 2 N–H and O–H groups in total. The van der Waals surface area contributed by atoms with Gasteiger partial charge in [-0.3, -0.25) is 0 Å². The van der Waals surface area contributed by atoms with Crippen LogP contribution < -0.4 is 10.6 Å². The van der Waals surface area contributed by atoms with Gasteiger partial charge in [-0.15, -0.1) is 0 Å². The van der Waals surface area contributed by atoms with E-state index in [1.165, 1.54) is 0 Å². The highest BCUT2D eigenvalue weighted by molar-refractivity contribution is 5.65. The molecule has 3 aromatic heterocycles. The lowest BCUT2D eigenvalue weighted by molar-refractivity contribution is 0.453. The monoisotopic (exact) mass is 286 g/mol. The third-order valence-electron chi connectivity index (χ3n) is 3.09. The predicted molar refractivity (Wildman–Crippen MR) is 80.4 cm³/mol. The molecule has 0 aliphatic rings. The van der Waals surface area contributed by atoms with Gasteiger partial charge in [-0.2, -0.15) is 0 Å². The summed E-state index contributed by atoms with van der Waals surface area (Å²) in [6.45, 7) is 6.69. The molecule has 3 heterocycles. The molecule has 0 radical (unpaired) electrons. The van der Waals surface area contributed by atoms with Crippen molar-refractivity contribution >= 4 is 17.3 Å². The van der Waals surface area contributed by atoms with Gasteiger partial charge in [0.25, 0.3) is 0 Å². The lowest BCUT2D eigenvalue weighted by atomic mass is 10.3. The van der Waals surface area contributed by atoms with Crippen LogP contribution in [0.5, 0.6) is 0 Å². The van der Waals surface area contributed by atoms with Gasteiger partial charge in [0.1, 0.15) is 17.6 Å². The van der Waals surface area contributed by atoms with Crippen molar-refractivity contribution in [1.29, 1.82) is 0 Å². The number of hydrogen-bond donors (Lipinski definition) is 2. The van der Waals surface area contributed by atoms with Gasteiger partial charge in [0.2, 0.25) is 5.89 Å². The smallest absolute Gasteiger partial charge is 0.216 e. The minimum atomic E-state index is -0.0939. The number of imidazole rings is 1. The molecule has 0 aliphatic heterocycles. The van der Waals surface area contributed by atoms with Crippen molar-refractivity contribution in [2.45, 2.75) is 26.8 Å². The molecule has 1 atom stereocenters. The summed E-state index contributed by atoms with van der Waals surface area (Å²) in [6.07, 6.45) is 7.26. The Balaban J connectivity index is 1.93. The highest BCUT2D eigenvalue weighted by atomic mass is 16.4. The number of hydrogen-bond acceptors (Lipinski definition) is 6. The van der Waals surface area contributed by atoms with Crippen molar-refractivity contribution in [3.8, 4) is 0 Å². The van der Waals surface area contributed by atoms with E-state index in [1.807, 2.05) is 37.6 Å². The minimum Gasteiger partial charge on any atom is -0.444 e. The van der Waals surface area contributed by atoms with Crippen LogP contribution in [0.1, 0.15) is 31.5 Å². The molecule has 7 nitrogen and oxygen atoms in total. The van der Waals surface area contributed by atoms with E-state index in [4.69, 9.17) is 4.42 Å². The summed E-state index contributed by atoms with van der Waals surface area (Å²) < 4.78 is 7.48. The topological polar surface area (TPSA) is 80.3 Å². The van der Waals surface area contributed by atoms with Gasteiger partial charge in [-0.05, 0) is 20.8 Å². The normalized spacial score (nSPS) is 12.5. The van der Waals surface area contributed by atoms with Crippen molar-refractivity contribution in [3.63, 3.8) is 0 Å². The predicted octanol–water partition coefficient (Wildman–Crippen LogP) is 2.63. The van der Waals surface area contributed by atoms with Gasteiger partial charge in [-0.1, -0.05) is 0 Å². The molecular formula is C14H18N6O. The van der Waals surface area contributed by atoms with Gasteiger partial charge in [0.15, 0.2) is 11.5 Å². The van der Waals surface area contributed by atoms with Crippen LogP contribution in [0.4, 0.5) is 11.6 Å². The van der Waals surface area contributed by atoms with Gasteiger partial charge in [-0.25, -0.2) is 15.0 Å². The molecular weight excluding hydrogens is 268 g/mol. The Kier molecular flexibility index (Phi) is 3.47. The van der Waals surface area contributed by atoms with Gasteiger partial charge in [0, 0.05) is 18.9 Å². The number of anilines is 2. The number of nitrogens with zero attached hydrogens (tertiary/aromatic N) is 4. The Morgan fingerprint density at radius 1 is 1.38 bits per heavy atom. The summed E-state index contributed by atoms with van der Waals surface area (Å²) >= 11 is 0. The quantitative estimate of drug-likeness (QED) is 0.750. The molecule has 110 valence electrons. The van der Waals surface area contributed by atoms with Crippen molar-refractivity contribution in [2.75, 3.05) is 17.2 Å². The summed E-state index contributed by atoms with van der Waals surface area (Å²) in [5.74, 6) is 2.91. The van der Waals surface area contributed by atoms with E-state index in [9.17, 15) is 0 Å². The van der Waals surface area contributed by atoms with Crippen LogP contribution in [0.25, 0.3) is 5.65 Å². The maximum Gasteiger partial charge on any atom is 0.216 e. The summed E-state index contributed by atoms with van der Waals surface area (Å²) in [4.78, 5) is 13.1. The van der Waals surface area contributed by atoms with E-state index >= 15 is 0 Å². The first-order chi connectivity index (χ1) is 10.2. The van der Waals surface area contributed by atoms with E-state index in [0.29, 0.717) is 11.7 Å². The van der Waals surface area contributed by atoms with Gasteiger partial charge >= 0.3 is 0 Å². The van der Waals surface area contributed by atoms with Crippen LogP contribution in [0.2, 0.25) is 0 Å². The SMILES string of the molecule is CCNc1cn2ccnc2c(NC(C)c2ncc(C)o2)n1. The maximum atomic E-state index is 5.54. The third-order valence-corrected chi connectivity index (χ3v) is 3.09. The molecule has 3 rings (SSSR count). The molecule has 0 fully saturated rings. The number of fused-ring (bicyclic) bond motifs is 1. The number of aromatic nitrogens is 4. The number of rotatable bonds is 5. The van der Waals surface area contributed by atoms with E-state index < -0.39 is 0 Å². The molecule has 1 unspecified atom stereocenters. The van der Waals surface area contributed by atoms with Crippen LogP contribution in [0.15, 0.2) is 29.2 Å². The van der Waals surface area contributed by atoms with Crippen LogP contribution in [0, 0.1) is 6.92 Å². The maximum absolute atomic E-state index is 5.54. The van der Waals surface area contributed by atoms with E-state index in [0.717, 1.165) is 23.8 Å². The largest absolute Gasteiger partial charge is 0.444 e. The molecule has 0 amide bonds. The second-order valence-corrected chi connectivity index (χ2v) is 4.84. The highest BCUT2D eigenvalue weighted by Crippen LogP contribution is 2.22. The first-order valence-electron chi connectivity index (χ1n) is 6.94. The fraction of sp³-hybridized carbons (Fsp3) is 0.357. The Hall–Kier alpha value is -2.57. The van der Waals surface area contributed by atoms with E-state index in [2.05, 4.69) is 25.6 Å². The van der Waals surface area contributed by atoms with Gasteiger partial charge < -0.3 is 19.5 Å². The zero-order valence-corrected chi connectivity index (χ0v) is 12.3. The van der Waals surface area contributed by atoms with Crippen LogP contribution in [-0.4, -0.2) is 25.9 Å². The number of oxazole rings is 1. The number of nitrogens with one attached hydrogen (secondary N) is 2. The van der Waals surface area contributed by atoms with Crippen LogP contribution in [0.3, 0.4) is 0 Å². The second-order valence-electron chi connectivity index (χ2n) is 4.84. The molecule has 0 saturated heterocycles. The fourth-order valence-corrected chi connectivity index (χ4v) is 2.13. The molecule has 0 saturated carbocycles. The van der Waals surface area contributed by atoms with Crippen LogP contribution >= 0.6 is 0 Å². The summed E-state index contributed by atoms with van der Waals surface area (Å²) in [6, 6.07) is -0.0939. The van der Waals surface area contributed by atoms with E-state index in [1.54, 1.807) is 12.4 Å². The molecule has 0 bridgehead atoms. The average molecular weight is 286 g/mol. The Labute approximate surface area is 122 Å². The zero-order valence-electron chi connectivity index (χ0n) is 12.3. The fourth-order valence-electron chi connectivity index (χ4n) is 2.13. The summed E-state index contributed by atoms with van der Waals surface area (Å²) in [5.41, 5.74) is 0.770. The molecule has 3 aromatic rings. The minimum absolute atomic E-state index is 0.0939. The molecule has 7 heteroatoms. The molecule has 0 aliphatic carbocycles. The standard InChI is InChI=1S/C14H18N6O/c1-4-15-11-8-20-6-5-16-13(20)12(19-11)18-10(3)14-17-7-9(2)21-14/h5-8,10,15H,4H2,1-3H3,(H,18,19). The van der Waals surface area contributed by atoms with Crippen molar-refractivity contribution in [1.82, 2.24) is 19.4 Å². The Morgan fingerprint density at radius 2 is 2.24 bits per heavy atom. The van der Waals surface area contributed by atoms with Crippen molar-refractivity contribution in [3.05, 3.63) is 36.4 Å². The zero-order chi connectivity index (χ0) is 14.8. The van der Waals surface area contributed by atoms with Crippen molar-refractivity contribution < 1.29 is 4.42 Å². The van der Waals surface area contributed by atoms with Crippen LogP contribution in [-0.2, 0) is 0 Å². The highest BCUT2D eigenvalue weighted by Gasteiger charge is 2.15. The third kappa shape index (κ3) is 2.67. The summed E-state index contributed by atoms with van der Waals surface area (Å²) in [7, 11) is 0. The molecule has 0 spiro atoms. The number of aryl methyl sites for hydroxylation is 1. The van der Waals surface area contributed by atoms with Crippen molar-refractivity contribution in [2.24, 2.45) is 0 Å². The molecule has 0 aromatic carbocycles. The Morgan fingerprint density at radius 3 is 2.95 bits per heavy atom. The molecule has 21 heavy (non-hydrogen) atoms. The Bertz CT molecular complexity index is 747. The first kappa shape index (κ1) is 13.4.